The number of aliphatic hydroxyl groups is 1. The van der Waals surface area contributed by atoms with Gasteiger partial charge in [0.15, 0.2) is 0 Å². The number of amides is 1. The summed E-state index contributed by atoms with van der Waals surface area (Å²) < 4.78 is 28.5. The minimum absolute atomic E-state index is 0.0350. The molecular weight excluding hydrogens is 454 g/mol. The van der Waals surface area contributed by atoms with Gasteiger partial charge in [0, 0.05) is 24.3 Å². The van der Waals surface area contributed by atoms with Crippen molar-refractivity contribution in [1.29, 1.82) is 0 Å². The van der Waals surface area contributed by atoms with Crippen LogP contribution >= 0.6 is 0 Å². The van der Waals surface area contributed by atoms with Crippen LogP contribution in [0.1, 0.15) is 43.5 Å². The molecule has 9 nitrogen and oxygen atoms in total. The van der Waals surface area contributed by atoms with Crippen molar-refractivity contribution in [2.24, 2.45) is 5.92 Å². The second-order valence-corrected chi connectivity index (χ2v) is 10.9. The molecule has 0 saturated carbocycles. The third-order valence-corrected chi connectivity index (χ3v) is 7.41. The van der Waals surface area contributed by atoms with Crippen LogP contribution in [0.4, 0.5) is 11.5 Å². The van der Waals surface area contributed by atoms with Gasteiger partial charge in [-0.1, -0.05) is 19.9 Å². The molecule has 2 aromatic carbocycles. The number of anilines is 2. The normalized spacial score (nSPS) is 16.1. The SMILES string of the molecule is CC(C)CC1(O)CCN(C(=O)c2ccc(NS(=O)(=O)c3cccc4ncc(N)nc34)cc2)CC1. The fraction of sp³-hybridized carbons (Fsp3) is 0.375. The predicted molar refractivity (Wildman–Crippen MR) is 131 cm³/mol. The summed E-state index contributed by atoms with van der Waals surface area (Å²) in [6.45, 7) is 5.13. The topological polar surface area (TPSA) is 139 Å². The zero-order valence-electron chi connectivity index (χ0n) is 19.2. The van der Waals surface area contributed by atoms with E-state index in [2.05, 4.69) is 28.5 Å². The number of hydrogen-bond donors (Lipinski definition) is 3. The minimum Gasteiger partial charge on any atom is -0.390 e. The number of nitrogens with one attached hydrogen (secondary N) is 1. The molecule has 10 heteroatoms. The van der Waals surface area contributed by atoms with E-state index in [4.69, 9.17) is 5.73 Å². The monoisotopic (exact) mass is 483 g/mol. The lowest BCUT2D eigenvalue weighted by Crippen LogP contribution is -2.47. The number of nitrogens with two attached hydrogens (primary N) is 1. The molecule has 1 amide bonds. The second-order valence-electron chi connectivity index (χ2n) is 9.22. The van der Waals surface area contributed by atoms with Crippen LogP contribution in [0, 0.1) is 5.92 Å². The lowest BCUT2D eigenvalue weighted by atomic mass is 9.84. The Balaban J connectivity index is 1.46. The Hall–Kier alpha value is -3.24. The van der Waals surface area contributed by atoms with Crippen LogP contribution in [0.3, 0.4) is 0 Å². The Bertz CT molecular complexity index is 1300. The zero-order chi connectivity index (χ0) is 24.5. The van der Waals surface area contributed by atoms with Gasteiger partial charge in [0.05, 0.1) is 17.3 Å². The minimum atomic E-state index is -3.96. The van der Waals surface area contributed by atoms with E-state index in [1.54, 1.807) is 41.3 Å². The van der Waals surface area contributed by atoms with E-state index in [0.717, 1.165) is 6.42 Å². The van der Waals surface area contributed by atoms with Gasteiger partial charge in [-0.05, 0) is 61.6 Å². The first-order chi connectivity index (χ1) is 16.1. The first-order valence-electron chi connectivity index (χ1n) is 11.2. The molecule has 1 saturated heterocycles. The summed E-state index contributed by atoms with van der Waals surface area (Å²) in [6.07, 6.45) is 3.19. The van der Waals surface area contributed by atoms with Gasteiger partial charge in [0.1, 0.15) is 16.2 Å². The van der Waals surface area contributed by atoms with Crippen molar-refractivity contribution in [3.63, 3.8) is 0 Å². The Kier molecular flexibility index (Phi) is 6.46. The number of rotatable bonds is 6. The molecule has 0 bridgehead atoms. The number of likely N-dealkylation sites (tertiary alicyclic amines) is 1. The van der Waals surface area contributed by atoms with Crippen LogP contribution in [-0.4, -0.2) is 53.0 Å². The van der Waals surface area contributed by atoms with Crippen molar-refractivity contribution in [3.05, 3.63) is 54.2 Å². The molecule has 1 fully saturated rings. The van der Waals surface area contributed by atoms with Crippen LogP contribution in [0.2, 0.25) is 0 Å². The van der Waals surface area contributed by atoms with Crippen LogP contribution < -0.4 is 10.5 Å². The molecular formula is C24H29N5O4S. The van der Waals surface area contributed by atoms with Gasteiger partial charge in [0.25, 0.3) is 15.9 Å². The maximum atomic E-state index is 13.0. The van der Waals surface area contributed by atoms with E-state index >= 15 is 0 Å². The number of para-hydroxylation sites is 1. The third kappa shape index (κ3) is 5.13. The summed E-state index contributed by atoms with van der Waals surface area (Å²) in [5.41, 5.74) is 6.35. The van der Waals surface area contributed by atoms with E-state index in [-0.39, 0.29) is 22.1 Å². The van der Waals surface area contributed by atoms with Crippen molar-refractivity contribution in [3.8, 4) is 0 Å². The van der Waals surface area contributed by atoms with Crippen LogP contribution in [0.15, 0.2) is 53.6 Å². The molecule has 3 aromatic rings. The smallest absolute Gasteiger partial charge is 0.264 e. The van der Waals surface area contributed by atoms with E-state index in [9.17, 15) is 18.3 Å². The molecule has 1 aromatic heterocycles. The first-order valence-corrected chi connectivity index (χ1v) is 12.7. The molecule has 0 aliphatic carbocycles. The van der Waals surface area contributed by atoms with Crippen molar-refractivity contribution in [2.75, 3.05) is 23.5 Å². The van der Waals surface area contributed by atoms with E-state index in [1.807, 2.05) is 0 Å². The van der Waals surface area contributed by atoms with Crippen molar-refractivity contribution in [1.82, 2.24) is 14.9 Å². The molecule has 4 N–H and O–H groups in total. The lowest BCUT2D eigenvalue weighted by molar-refractivity contribution is -0.0311. The number of carbonyl (C=O) groups excluding carboxylic acids is 1. The molecule has 180 valence electrons. The standard InChI is InChI=1S/C24H29N5O4S/c1-16(2)14-24(31)10-12-29(13-11-24)23(30)17-6-8-18(9-7-17)28-34(32,33)20-5-3-4-19-22(20)27-21(25)15-26-19/h3-9,15-16,28,31H,10-14H2,1-2H3,(H2,25,27). The fourth-order valence-corrected chi connectivity index (χ4v) is 5.62. The molecule has 1 aliphatic heterocycles. The number of benzene rings is 2. The number of sulfonamides is 1. The molecule has 4 rings (SSSR count). The highest BCUT2D eigenvalue weighted by Gasteiger charge is 2.34. The average Bonchev–Trinajstić information content (AvgIpc) is 2.78. The maximum absolute atomic E-state index is 13.0. The van der Waals surface area contributed by atoms with E-state index in [1.165, 1.54) is 12.3 Å². The Labute approximate surface area is 199 Å². The van der Waals surface area contributed by atoms with Crippen molar-refractivity contribution < 1.29 is 18.3 Å². The summed E-state index contributed by atoms with van der Waals surface area (Å²) in [6, 6.07) is 11.0. The highest BCUT2D eigenvalue weighted by Crippen LogP contribution is 2.30. The predicted octanol–water partition coefficient (Wildman–Crippen LogP) is 3.03. The van der Waals surface area contributed by atoms with Crippen molar-refractivity contribution in [2.45, 2.75) is 43.6 Å². The number of nitrogen functional groups attached to an aromatic ring is 1. The summed E-state index contributed by atoms with van der Waals surface area (Å²) >= 11 is 0. The number of aromatic nitrogens is 2. The molecule has 0 unspecified atom stereocenters. The molecule has 0 atom stereocenters. The number of nitrogens with zero attached hydrogens (tertiary/aromatic N) is 3. The molecule has 34 heavy (non-hydrogen) atoms. The van der Waals surface area contributed by atoms with Gasteiger partial charge in [-0.15, -0.1) is 0 Å². The van der Waals surface area contributed by atoms with Gasteiger partial charge >= 0.3 is 0 Å². The highest BCUT2D eigenvalue weighted by molar-refractivity contribution is 7.93. The number of hydrogen-bond acceptors (Lipinski definition) is 7. The number of fused-ring (bicyclic) bond motifs is 1. The Morgan fingerprint density at radius 2 is 1.85 bits per heavy atom. The number of piperidine rings is 1. The second kappa shape index (κ2) is 9.19. The first kappa shape index (κ1) is 23.9. The van der Waals surface area contributed by atoms with Crippen LogP contribution in [0.5, 0.6) is 0 Å². The van der Waals surface area contributed by atoms with Crippen LogP contribution in [-0.2, 0) is 10.0 Å². The summed E-state index contributed by atoms with van der Waals surface area (Å²) in [4.78, 5) is 22.9. The van der Waals surface area contributed by atoms with Gasteiger partial charge in [-0.2, -0.15) is 0 Å². The Morgan fingerprint density at radius 3 is 2.50 bits per heavy atom. The largest absolute Gasteiger partial charge is 0.390 e. The molecule has 0 radical (unpaired) electrons. The Morgan fingerprint density at radius 1 is 1.18 bits per heavy atom. The fourth-order valence-electron chi connectivity index (χ4n) is 4.40. The zero-order valence-corrected chi connectivity index (χ0v) is 20.0. The highest BCUT2D eigenvalue weighted by atomic mass is 32.2. The number of carbonyl (C=O) groups is 1. The molecule has 0 spiro atoms. The summed E-state index contributed by atoms with van der Waals surface area (Å²) in [5.74, 6) is 0.376. The summed E-state index contributed by atoms with van der Waals surface area (Å²) in [5, 5.41) is 10.7. The quantitative estimate of drug-likeness (QED) is 0.490. The van der Waals surface area contributed by atoms with Gasteiger partial charge < -0.3 is 15.7 Å². The van der Waals surface area contributed by atoms with Gasteiger partial charge in [0.2, 0.25) is 0 Å². The third-order valence-electron chi connectivity index (χ3n) is 6.00. The maximum Gasteiger partial charge on any atom is 0.264 e. The van der Waals surface area contributed by atoms with Gasteiger partial charge in [-0.25, -0.2) is 13.4 Å². The summed E-state index contributed by atoms with van der Waals surface area (Å²) in [7, 11) is -3.96. The van der Waals surface area contributed by atoms with Crippen molar-refractivity contribution >= 4 is 38.5 Å². The van der Waals surface area contributed by atoms with E-state index < -0.39 is 15.6 Å². The van der Waals surface area contributed by atoms with Gasteiger partial charge in [-0.3, -0.25) is 14.5 Å². The average molecular weight is 484 g/mol. The molecule has 2 heterocycles. The van der Waals surface area contributed by atoms with E-state index in [0.29, 0.717) is 48.6 Å². The lowest BCUT2D eigenvalue weighted by Gasteiger charge is -2.39. The van der Waals surface area contributed by atoms with Crippen LogP contribution in [0.25, 0.3) is 11.0 Å². The molecule has 1 aliphatic rings.